The summed E-state index contributed by atoms with van der Waals surface area (Å²) in [7, 11) is 1.75. The Morgan fingerprint density at radius 3 is 2.79 bits per heavy atom. The van der Waals surface area contributed by atoms with E-state index in [9.17, 15) is 4.79 Å². The first-order valence-corrected chi connectivity index (χ1v) is 7.24. The van der Waals surface area contributed by atoms with Crippen LogP contribution in [0.5, 0.6) is 0 Å². The van der Waals surface area contributed by atoms with Gasteiger partial charge in [-0.05, 0) is 13.3 Å². The highest BCUT2D eigenvalue weighted by molar-refractivity contribution is 7.17. The van der Waals surface area contributed by atoms with Crippen LogP contribution >= 0.6 is 11.3 Å². The van der Waals surface area contributed by atoms with Crippen molar-refractivity contribution >= 4 is 22.4 Å². The number of carbonyl (C=O) groups excluding carboxylic acids is 1. The Kier molecular flexibility index (Phi) is 4.05. The third-order valence-corrected chi connectivity index (χ3v) is 4.62. The van der Waals surface area contributed by atoms with Crippen molar-refractivity contribution in [1.29, 1.82) is 0 Å². The Balaban J connectivity index is 1.94. The summed E-state index contributed by atoms with van der Waals surface area (Å²) in [6.45, 7) is 6.92. The van der Waals surface area contributed by atoms with E-state index < -0.39 is 0 Å². The van der Waals surface area contributed by atoms with Crippen LogP contribution in [0.15, 0.2) is 0 Å². The number of rotatable bonds is 5. The molecule has 0 saturated heterocycles. The van der Waals surface area contributed by atoms with Crippen molar-refractivity contribution in [2.24, 2.45) is 5.41 Å². The molecule has 1 aromatic rings. The van der Waals surface area contributed by atoms with E-state index in [1.54, 1.807) is 7.05 Å². The second kappa shape index (κ2) is 5.42. The third-order valence-electron chi connectivity index (χ3n) is 3.68. The molecule has 106 valence electrons. The van der Waals surface area contributed by atoms with Crippen LogP contribution in [0.2, 0.25) is 0 Å². The monoisotopic (exact) mass is 284 g/mol. The standard InChI is InChI=1S/C12H20N4O2S/c1-5-18-8-6-7(12(8,2)3)14-9(17)10-15-16-11(13-4)19-10/h7-8H,5-6H2,1-4H3,(H,13,16)(H,14,17). The molecule has 0 spiro atoms. The Labute approximate surface area is 116 Å². The Hall–Kier alpha value is -1.21. The number of ether oxygens (including phenoxy) is 1. The lowest BCUT2D eigenvalue weighted by Crippen LogP contribution is -2.62. The number of hydrogen-bond donors (Lipinski definition) is 2. The fourth-order valence-corrected chi connectivity index (χ4v) is 2.85. The number of amides is 1. The number of carbonyl (C=O) groups is 1. The fraction of sp³-hybridized carbons (Fsp3) is 0.750. The molecule has 0 bridgehead atoms. The predicted molar refractivity (Wildman–Crippen MR) is 74.5 cm³/mol. The third kappa shape index (κ3) is 2.71. The maximum atomic E-state index is 12.1. The lowest BCUT2D eigenvalue weighted by Gasteiger charge is -2.51. The van der Waals surface area contributed by atoms with Crippen LogP contribution in [0.3, 0.4) is 0 Å². The smallest absolute Gasteiger partial charge is 0.282 e. The van der Waals surface area contributed by atoms with Crippen LogP contribution < -0.4 is 10.6 Å². The van der Waals surface area contributed by atoms with E-state index in [-0.39, 0.29) is 23.5 Å². The van der Waals surface area contributed by atoms with Gasteiger partial charge < -0.3 is 15.4 Å². The largest absolute Gasteiger partial charge is 0.378 e. The van der Waals surface area contributed by atoms with E-state index in [0.717, 1.165) is 6.42 Å². The van der Waals surface area contributed by atoms with E-state index in [1.807, 2.05) is 6.92 Å². The fourth-order valence-electron chi connectivity index (χ4n) is 2.25. The van der Waals surface area contributed by atoms with Crippen LogP contribution in [-0.2, 0) is 4.74 Å². The van der Waals surface area contributed by atoms with Crippen LogP contribution in [0, 0.1) is 5.41 Å². The average molecular weight is 284 g/mol. The van der Waals surface area contributed by atoms with Gasteiger partial charge >= 0.3 is 0 Å². The summed E-state index contributed by atoms with van der Waals surface area (Å²) in [5.41, 5.74) is -0.0395. The molecular formula is C12H20N4O2S. The summed E-state index contributed by atoms with van der Waals surface area (Å²) in [6.07, 6.45) is 1.06. The number of anilines is 1. The van der Waals surface area contributed by atoms with Crippen molar-refractivity contribution in [2.45, 2.75) is 39.3 Å². The molecule has 2 atom stereocenters. The van der Waals surface area contributed by atoms with Gasteiger partial charge in [0.05, 0.1) is 6.10 Å². The van der Waals surface area contributed by atoms with Crippen molar-refractivity contribution in [3.8, 4) is 0 Å². The molecule has 6 nitrogen and oxygen atoms in total. The molecule has 2 unspecified atom stereocenters. The number of aromatic nitrogens is 2. The second-order valence-electron chi connectivity index (χ2n) is 5.19. The molecule has 1 amide bonds. The molecule has 2 N–H and O–H groups in total. The molecule has 1 heterocycles. The van der Waals surface area contributed by atoms with E-state index in [0.29, 0.717) is 16.7 Å². The second-order valence-corrected chi connectivity index (χ2v) is 6.17. The van der Waals surface area contributed by atoms with Gasteiger partial charge in [0, 0.05) is 25.1 Å². The van der Waals surface area contributed by atoms with Gasteiger partial charge in [0.25, 0.3) is 5.91 Å². The van der Waals surface area contributed by atoms with Gasteiger partial charge in [0.15, 0.2) is 0 Å². The molecular weight excluding hydrogens is 264 g/mol. The van der Waals surface area contributed by atoms with Gasteiger partial charge in [-0.25, -0.2) is 0 Å². The van der Waals surface area contributed by atoms with Crippen LogP contribution in [-0.4, -0.2) is 41.9 Å². The summed E-state index contributed by atoms with van der Waals surface area (Å²) in [4.78, 5) is 12.1. The molecule has 1 fully saturated rings. The zero-order valence-corrected chi connectivity index (χ0v) is 12.5. The lowest BCUT2D eigenvalue weighted by molar-refractivity contribution is -0.111. The predicted octanol–water partition coefficient (Wildman–Crippen LogP) is 1.51. The van der Waals surface area contributed by atoms with Gasteiger partial charge in [-0.3, -0.25) is 4.79 Å². The van der Waals surface area contributed by atoms with Crippen LogP contribution in [0.4, 0.5) is 5.13 Å². The first kappa shape index (κ1) is 14.2. The van der Waals surface area contributed by atoms with Gasteiger partial charge in [-0.2, -0.15) is 0 Å². The maximum absolute atomic E-state index is 12.1. The van der Waals surface area contributed by atoms with Crippen molar-refractivity contribution in [2.75, 3.05) is 19.0 Å². The summed E-state index contributed by atoms with van der Waals surface area (Å²) >= 11 is 1.25. The average Bonchev–Trinajstić information content (AvgIpc) is 2.86. The Bertz CT molecular complexity index is 460. The molecule has 7 heteroatoms. The van der Waals surface area contributed by atoms with Gasteiger partial charge in [0.2, 0.25) is 10.1 Å². The minimum atomic E-state index is -0.160. The van der Waals surface area contributed by atoms with Gasteiger partial charge in [-0.15, -0.1) is 10.2 Å². The molecule has 1 aromatic heterocycles. The molecule has 0 radical (unpaired) electrons. The maximum Gasteiger partial charge on any atom is 0.282 e. The van der Waals surface area contributed by atoms with E-state index in [4.69, 9.17) is 4.74 Å². The highest BCUT2D eigenvalue weighted by Gasteiger charge is 2.49. The number of nitrogens with one attached hydrogen (secondary N) is 2. The van der Waals surface area contributed by atoms with Gasteiger partial charge in [0.1, 0.15) is 0 Å². The van der Waals surface area contributed by atoms with Crippen LogP contribution in [0.1, 0.15) is 37.0 Å². The highest BCUT2D eigenvalue weighted by Crippen LogP contribution is 2.42. The zero-order valence-electron chi connectivity index (χ0n) is 11.7. The summed E-state index contributed by atoms with van der Waals surface area (Å²) in [5, 5.41) is 14.6. The summed E-state index contributed by atoms with van der Waals surface area (Å²) in [6, 6.07) is 0.124. The van der Waals surface area contributed by atoms with Crippen LogP contribution in [0.25, 0.3) is 0 Å². The van der Waals surface area contributed by atoms with Gasteiger partial charge in [-0.1, -0.05) is 25.2 Å². The summed E-state index contributed by atoms with van der Waals surface area (Å²) < 4.78 is 5.65. The van der Waals surface area contributed by atoms with E-state index in [1.165, 1.54) is 11.3 Å². The first-order valence-electron chi connectivity index (χ1n) is 6.42. The number of nitrogens with zero attached hydrogens (tertiary/aromatic N) is 2. The van der Waals surface area contributed by atoms with Crippen molar-refractivity contribution < 1.29 is 9.53 Å². The molecule has 0 aliphatic heterocycles. The molecule has 1 aliphatic rings. The minimum absolute atomic E-state index is 0.0395. The zero-order chi connectivity index (χ0) is 14.0. The lowest BCUT2D eigenvalue weighted by atomic mass is 9.64. The Morgan fingerprint density at radius 1 is 1.53 bits per heavy atom. The Morgan fingerprint density at radius 2 is 2.26 bits per heavy atom. The minimum Gasteiger partial charge on any atom is -0.378 e. The van der Waals surface area contributed by atoms with E-state index >= 15 is 0 Å². The molecule has 2 rings (SSSR count). The molecule has 1 saturated carbocycles. The number of hydrogen-bond acceptors (Lipinski definition) is 6. The molecule has 1 aliphatic carbocycles. The molecule has 0 aromatic carbocycles. The molecule has 19 heavy (non-hydrogen) atoms. The van der Waals surface area contributed by atoms with Crippen molar-refractivity contribution in [3.05, 3.63) is 5.01 Å². The van der Waals surface area contributed by atoms with E-state index in [2.05, 4.69) is 34.7 Å². The normalized spacial score (nSPS) is 24.6. The highest BCUT2D eigenvalue weighted by atomic mass is 32.1. The SMILES string of the molecule is CCOC1CC(NC(=O)c2nnc(NC)s2)C1(C)C. The van der Waals surface area contributed by atoms with Crippen molar-refractivity contribution in [3.63, 3.8) is 0 Å². The quantitative estimate of drug-likeness (QED) is 0.857. The first-order chi connectivity index (χ1) is 8.98. The summed E-state index contributed by atoms with van der Waals surface area (Å²) in [5.74, 6) is -0.160. The van der Waals surface area contributed by atoms with Crippen molar-refractivity contribution in [1.82, 2.24) is 15.5 Å². The topological polar surface area (TPSA) is 76.1 Å².